The number of rotatable bonds is 2. The number of amides is 1. The smallest absolute Gasteiger partial charge is 0.270 e. The molecule has 0 bridgehead atoms. The number of nitrogens with one attached hydrogen (secondary N) is 2. The largest absolute Gasteiger partial charge is 0.352 e. The molecule has 0 radical (unpaired) electrons. The molecule has 1 aliphatic heterocycles. The summed E-state index contributed by atoms with van der Waals surface area (Å²) in [4.78, 5) is 32.7. The molecule has 152 valence electrons. The first-order valence-electron chi connectivity index (χ1n) is 10.2. The van der Waals surface area contributed by atoms with E-state index in [2.05, 4.69) is 24.8 Å². The molecule has 1 aliphatic carbocycles. The van der Waals surface area contributed by atoms with Crippen molar-refractivity contribution in [1.82, 2.24) is 24.8 Å². The highest BCUT2D eigenvalue weighted by Crippen LogP contribution is 2.46. The molecule has 7 nitrogen and oxygen atoms in total. The van der Waals surface area contributed by atoms with Crippen LogP contribution in [0.15, 0.2) is 36.8 Å². The lowest BCUT2D eigenvalue weighted by atomic mass is 10.1. The molecule has 1 aromatic carbocycles. The predicted octanol–water partition coefficient (Wildman–Crippen LogP) is 3.38. The van der Waals surface area contributed by atoms with Crippen LogP contribution in [0.1, 0.15) is 28.9 Å². The van der Waals surface area contributed by atoms with E-state index in [0.29, 0.717) is 24.3 Å². The summed E-state index contributed by atoms with van der Waals surface area (Å²) in [6.07, 6.45) is 5.40. The highest BCUT2D eigenvalue weighted by Gasteiger charge is 2.53. The molecule has 2 N–H and O–H groups in total. The minimum Gasteiger partial charge on any atom is -0.352 e. The molecule has 2 aliphatic rings. The van der Waals surface area contributed by atoms with Crippen LogP contribution in [0.3, 0.4) is 0 Å². The van der Waals surface area contributed by atoms with Gasteiger partial charge in [0.1, 0.15) is 29.3 Å². The van der Waals surface area contributed by atoms with Gasteiger partial charge in [-0.05, 0) is 49.6 Å². The molecule has 4 heterocycles. The number of nitrogens with zero attached hydrogens (tertiary/aromatic N) is 4. The van der Waals surface area contributed by atoms with Crippen molar-refractivity contribution in [1.29, 1.82) is 0 Å². The molecule has 4 aromatic rings. The van der Waals surface area contributed by atoms with E-state index in [1.54, 1.807) is 25.4 Å². The van der Waals surface area contributed by atoms with Crippen LogP contribution < -0.4 is 4.90 Å². The first kappa shape index (κ1) is 17.4. The fourth-order valence-electron chi connectivity index (χ4n) is 4.68. The Balaban J connectivity index is 1.29. The highest BCUT2D eigenvalue weighted by molar-refractivity contribution is 5.99. The van der Waals surface area contributed by atoms with Gasteiger partial charge in [0.15, 0.2) is 0 Å². The number of piperazine rings is 1. The standard InChI is InChI=1S/C22H21FN6O/c1-13-8-17-14(9-16(13)23)10-18(27-17)21(30)29-7-6-28(11-22(29)3-4-22)20-15-2-5-24-19(15)25-12-26-20/h2,5,8-10,12,27H,3-4,6-7,11H2,1H3,(H,24,25,26). The molecule has 1 spiro atoms. The quantitative estimate of drug-likeness (QED) is 0.537. The molecule has 8 heteroatoms. The van der Waals surface area contributed by atoms with Crippen molar-refractivity contribution in [2.45, 2.75) is 25.3 Å². The molecule has 30 heavy (non-hydrogen) atoms. The summed E-state index contributed by atoms with van der Waals surface area (Å²) in [6, 6.07) is 6.99. The zero-order chi connectivity index (χ0) is 20.5. The topological polar surface area (TPSA) is 80.9 Å². The van der Waals surface area contributed by atoms with Crippen LogP contribution in [-0.2, 0) is 0 Å². The molecule has 0 unspecified atom stereocenters. The van der Waals surface area contributed by atoms with Crippen molar-refractivity contribution >= 4 is 33.7 Å². The molecule has 1 amide bonds. The van der Waals surface area contributed by atoms with Gasteiger partial charge in [-0.2, -0.15) is 0 Å². The summed E-state index contributed by atoms with van der Waals surface area (Å²) in [5, 5.41) is 1.72. The normalized spacial score (nSPS) is 17.9. The third kappa shape index (κ3) is 2.52. The molecular weight excluding hydrogens is 383 g/mol. The number of hydrogen-bond donors (Lipinski definition) is 2. The van der Waals surface area contributed by atoms with Crippen LogP contribution in [0, 0.1) is 12.7 Å². The van der Waals surface area contributed by atoms with Crippen LogP contribution in [0.4, 0.5) is 10.2 Å². The molecule has 0 atom stereocenters. The van der Waals surface area contributed by atoms with Crippen molar-refractivity contribution < 1.29 is 9.18 Å². The Morgan fingerprint density at radius 2 is 2.07 bits per heavy atom. The third-order valence-corrected chi connectivity index (χ3v) is 6.49. The molecule has 2 fully saturated rings. The Labute approximate surface area is 171 Å². The van der Waals surface area contributed by atoms with Gasteiger partial charge in [0.05, 0.1) is 10.9 Å². The molecule has 1 saturated carbocycles. The van der Waals surface area contributed by atoms with E-state index in [0.717, 1.165) is 47.1 Å². The maximum absolute atomic E-state index is 13.9. The number of carbonyl (C=O) groups is 1. The summed E-state index contributed by atoms with van der Waals surface area (Å²) in [6.45, 7) is 3.81. The zero-order valence-electron chi connectivity index (χ0n) is 16.6. The second-order valence-electron chi connectivity index (χ2n) is 8.41. The Morgan fingerprint density at radius 3 is 2.90 bits per heavy atom. The van der Waals surface area contributed by atoms with Gasteiger partial charge in [-0.15, -0.1) is 0 Å². The van der Waals surface area contributed by atoms with Gasteiger partial charge >= 0.3 is 0 Å². The first-order valence-corrected chi connectivity index (χ1v) is 10.2. The SMILES string of the molecule is Cc1cc2[nH]c(C(=O)N3CCN(c4ncnc5[nH]ccc45)CC34CC4)cc2cc1F. The van der Waals surface area contributed by atoms with Gasteiger partial charge in [-0.1, -0.05) is 0 Å². The van der Waals surface area contributed by atoms with Crippen molar-refractivity contribution in [3.63, 3.8) is 0 Å². The summed E-state index contributed by atoms with van der Waals surface area (Å²) in [5.74, 6) is 0.640. The number of halogens is 1. The van der Waals surface area contributed by atoms with E-state index in [9.17, 15) is 9.18 Å². The number of hydrogen-bond acceptors (Lipinski definition) is 4. The Kier molecular flexibility index (Phi) is 3.51. The number of H-pyrrole nitrogens is 2. The lowest BCUT2D eigenvalue weighted by molar-refractivity contribution is 0.0619. The Morgan fingerprint density at radius 1 is 1.20 bits per heavy atom. The summed E-state index contributed by atoms with van der Waals surface area (Å²) < 4.78 is 13.9. The van der Waals surface area contributed by atoms with E-state index in [1.807, 2.05) is 17.2 Å². The second kappa shape index (κ2) is 6.04. The molecule has 3 aromatic heterocycles. The van der Waals surface area contributed by atoms with Gasteiger partial charge in [0, 0.05) is 36.7 Å². The number of aromatic nitrogens is 4. The maximum Gasteiger partial charge on any atom is 0.270 e. The van der Waals surface area contributed by atoms with Gasteiger partial charge < -0.3 is 19.8 Å². The lowest BCUT2D eigenvalue weighted by Gasteiger charge is -2.42. The fourth-order valence-corrected chi connectivity index (χ4v) is 4.68. The Hall–Kier alpha value is -3.42. The average Bonchev–Trinajstić information content (AvgIpc) is 3.15. The van der Waals surface area contributed by atoms with Gasteiger partial charge in [-0.3, -0.25) is 4.79 Å². The third-order valence-electron chi connectivity index (χ3n) is 6.49. The van der Waals surface area contributed by atoms with Crippen molar-refractivity contribution in [2.75, 3.05) is 24.5 Å². The first-order chi connectivity index (χ1) is 14.5. The van der Waals surface area contributed by atoms with Gasteiger partial charge in [0.25, 0.3) is 5.91 Å². The number of carbonyl (C=O) groups excluding carboxylic acids is 1. The van der Waals surface area contributed by atoms with E-state index >= 15 is 0 Å². The summed E-state index contributed by atoms with van der Waals surface area (Å²) in [5.41, 5.74) is 2.53. The number of anilines is 1. The number of benzene rings is 1. The van der Waals surface area contributed by atoms with Gasteiger partial charge in [0.2, 0.25) is 0 Å². The average molecular weight is 404 g/mol. The second-order valence-corrected chi connectivity index (χ2v) is 8.41. The van der Waals surface area contributed by atoms with Crippen molar-refractivity contribution in [3.8, 4) is 0 Å². The van der Waals surface area contributed by atoms with Crippen LogP contribution in [0.2, 0.25) is 0 Å². The van der Waals surface area contributed by atoms with Gasteiger partial charge in [-0.25, -0.2) is 14.4 Å². The van der Waals surface area contributed by atoms with Crippen LogP contribution >= 0.6 is 0 Å². The summed E-state index contributed by atoms with van der Waals surface area (Å²) >= 11 is 0. The van der Waals surface area contributed by atoms with Crippen molar-refractivity contribution in [3.05, 3.63) is 53.9 Å². The van der Waals surface area contributed by atoms with E-state index in [-0.39, 0.29) is 17.3 Å². The number of fused-ring (bicyclic) bond motifs is 2. The van der Waals surface area contributed by atoms with E-state index in [4.69, 9.17) is 0 Å². The maximum atomic E-state index is 13.9. The zero-order valence-corrected chi connectivity index (χ0v) is 16.6. The highest BCUT2D eigenvalue weighted by atomic mass is 19.1. The fraction of sp³-hybridized carbons (Fsp3) is 0.318. The molecule has 1 saturated heterocycles. The molecule has 6 rings (SSSR count). The van der Waals surface area contributed by atoms with E-state index in [1.165, 1.54) is 6.07 Å². The monoisotopic (exact) mass is 404 g/mol. The van der Waals surface area contributed by atoms with Crippen molar-refractivity contribution in [2.24, 2.45) is 0 Å². The predicted molar refractivity (Wildman–Crippen MR) is 112 cm³/mol. The Bertz CT molecular complexity index is 1260. The van der Waals surface area contributed by atoms with Crippen LogP contribution in [-0.4, -0.2) is 55.9 Å². The number of aromatic amines is 2. The lowest BCUT2D eigenvalue weighted by Crippen LogP contribution is -2.57. The number of aryl methyl sites for hydroxylation is 1. The van der Waals surface area contributed by atoms with Crippen LogP contribution in [0.25, 0.3) is 21.9 Å². The van der Waals surface area contributed by atoms with E-state index < -0.39 is 0 Å². The van der Waals surface area contributed by atoms with Crippen LogP contribution in [0.5, 0.6) is 0 Å². The minimum absolute atomic E-state index is 0.0177. The molecular formula is C22H21FN6O. The summed E-state index contributed by atoms with van der Waals surface area (Å²) in [7, 11) is 0. The minimum atomic E-state index is -0.256.